The monoisotopic (exact) mass is 355 g/mol. The molecule has 5 nitrogen and oxygen atoms in total. The average molecular weight is 355 g/mol. The molecule has 0 heterocycles. The number of hydrogen-bond donors (Lipinski definition) is 1. The normalized spacial score (nSPS) is 11.2. The van der Waals surface area contributed by atoms with Gasteiger partial charge in [-0.1, -0.05) is 19.4 Å². The Labute approximate surface area is 154 Å². The number of allylic oxidation sites excluding steroid dienone is 1. The first-order chi connectivity index (χ1) is 12.5. The van der Waals surface area contributed by atoms with Gasteiger partial charge in [-0.2, -0.15) is 0 Å². The molecule has 0 aromatic heterocycles. The lowest BCUT2D eigenvalue weighted by molar-refractivity contribution is 0.102. The van der Waals surface area contributed by atoms with Gasteiger partial charge in [0, 0.05) is 5.57 Å². The molecule has 26 heavy (non-hydrogen) atoms. The van der Waals surface area contributed by atoms with Crippen molar-refractivity contribution in [2.24, 2.45) is 0 Å². The van der Waals surface area contributed by atoms with Gasteiger partial charge in [0.1, 0.15) is 17.2 Å². The van der Waals surface area contributed by atoms with Gasteiger partial charge in [0.05, 0.1) is 32.6 Å². The van der Waals surface area contributed by atoms with Gasteiger partial charge in [-0.05, 0) is 48.4 Å². The minimum atomic E-state index is -0.0861. The van der Waals surface area contributed by atoms with Crippen LogP contribution in [0.4, 0.5) is 5.69 Å². The van der Waals surface area contributed by atoms with Crippen molar-refractivity contribution in [3.8, 4) is 17.2 Å². The Balaban J connectivity index is 2.46. The molecule has 2 aromatic carbocycles. The van der Waals surface area contributed by atoms with E-state index >= 15 is 0 Å². The summed E-state index contributed by atoms with van der Waals surface area (Å²) in [6.07, 6.45) is 3.35. The maximum atomic E-state index is 13.1. The molecule has 0 unspecified atom stereocenters. The maximum absolute atomic E-state index is 13.1. The van der Waals surface area contributed by atoms with Crippen LogP contribution in [-0.2, 0) is 0 Å². The van der Waals surface area contributed by atoms with Crippen LogP contribution in [0.3, 0.4) is 0 Å². The fourth-order valence-corrected chi connectivity index (χ4v) is 2.73. The summed E-state index contributed by atoms with van der Waals surface area (Å²) in [4.78, 5) is 13.1. The summed E-state index contributed by atoms with van der Waals surface area (Å²) in [6.45, 7) is 2.03. The van der Waals surface area contributed by atoms with Crippen molar-refractivity contribution in [1.82, 2.24) is 0 Å². The van der Waals surface area contributed by atoms with Crippen molar-refractivity contribution < 1.29 is 19.0 Å². The number of nitrogens with two attached hydrogens (primary N) is 1. The molecule has 138 valence electrons. The highest BCUT2D eigenvalue weighted by atomic mass is 16.5. The van der Waals surface area contributed by atoms with E-state index < -0.39 is 0 Å². The highest BCUT2D eigenvalue weighted by molar-refractivity contribution is 6.13. The Bertz CT molecular complexity index is 812. The first-order valence-electron chi connectivity index (χ1n) is 8.44. The number of ether oxygens (including phenoxy) is 3. The third-order valence-electron chi connectivity index (χ3n) is 4.06. The predicted molar refractivity (Wildman–Crippen MR) is 104 cm³/mol. The molecule has 0 atom stereocenters. The SMILES string of the molecule is CCCC(=Cc1ccc(OC)c(N)c1)C(=O)c1cc(OC)ccc1OC. The quantitative estimate of drug-likeness (QED) is 0.433. The fourth-order valence-electron chi connectivity index (χ4n) is 2.73. The Morgan fingerprint density at radius 3 is 2.27 bits per heavy atom. The fraction of sp³-hybridized carbons (Fsp3) is 0.286. The zero-order chi connectivity index (χ0) is 19.1. The van der Waals surface area contributed by atoms with E-state index in [1.54, 1.807) is 51.7 Å². The first-order valence-corrected chi connectivity index (χ1v) is 8.44. The highest BCUT2D eigenvalue weighted by Gasteiger charge is 2.18. The second-order valence-electron chi connectivity index (χ2n) is 5.82. The highest BCUT2D eigenvalue weighted by Crippen LogP contribution is 2.29. The molecule has 0 spiro atoms. The van der Waals surface area contributed by atoms with Crippen molar-refractivity contribution in [2.45, 2.75) is 19.8 Å². The molecule has 0 bridgehead atoms. The Morgan fingerprint density at radius 1 is 1.00 bits per heavy atom. The largest absolute Gasteiger partial charge is 0.497 e. The number of benzene rings is 2. The third-order valence-corrected chi connectivity index (χ3v) is 4.06. The third kappa shape index (κ3) is 4.36. The number of Topliss-reactive ketones (excluding diaryl/α,β-unsaturated/α-hetero) is 1. The Morgan fingerprint density at radius 2 is 1.69 bits per heavy atom. The molecule has 2 aromatic rings. The van der Waals surface area contributed by atoms with E-state index in [0.717, 1.165) is 12.0 Å². The summed E-state index contributed by atoms with van der Waals surface area (Å²) in [5, 5.41) is 0. The zero-order valence-electron chi connectivity index (χ0n) is 15.7. The number of methoxy groups -OCH3 is 3. The van der Waals surface area contributed by atoms with Crippen molar-refractivity contribution >= 4 is 17.5 Å². The second-order valence-corrected chi connectivity index (χ2v) is 5.82. The van der Waals surface area contributed by atoms with Crippen LogP contribution in [0.1, 0.15) is 35.7 Å². The summed E-state index contributed by atoms with van der Waals surface area (Å²) in [6, 6.07) is 10.7. The number of rotatable bonds is 8. The molecule has 0 amide bonds. The van der Waals surface area contributed by atoms with Crippen molar-refractivity contribution in [3.05, 3.63) is 53.1 Å². The standard InChI is InChI=1S/C21H25NO4/c1-5-6-15(11-14-7-9-20(26-4)18(22)12-14)21(23)17-13-16(24-2)8-10-19(17)25-3/h7-13H,5-6,22H2,1-4H3. The summed E-state index contributed by atoms with van der Waals surface area (Å²) in [7, 11) is 4.69. The van der Waals surface area contributed by atoms with E-state index in [0.29, 0.717) is 40.5 Å². The molecular formula is C21H25NO4. The number of carbonyl (C=O) groups is 1. The molecule has 0 radical (unpaired) electrons. The minimum Gasteiger partial charge on any atom is -0.497 e. The van der Waals surface area contributed by atoms with Gasteiger partial charge in [-0.3, -0.25) is 4.79 Å². The number of ketones is 1. The van der Waals surface area contributed by atoms with Crippen LogP contribution in [0.5, 0.6) is 17.2 Å². The molecule has 0 aliphatic heterocycles. The minimum absolute atomic E-state index is 0.0861. The van der Waals surface area contributed by atoms with E-state index in [9.17, 15) is 4.79 Å². The van der Waals surface area contributed by atoms with Gasteiger partial charge >= 0.3 is 0 Å². The van der Waals surface area contributed by atoms with Crippen molar-refractivity contribution in [3.63, 3.8) is 0 Å². The van der Waals surface area contributed by atoms with Crippen molar-refractivity contribution in [1.29, 1.82) is 0 Å². The average Bonchev–Trinajstić information content (AvgIpc) is 2.66. The second kappa shape index (κ2) is 8.94. The number of nitrogen functional groups attached to an aromatic ring is 1. The van der Waals surface area contributed by atoms with Gasteiger partial charge < -0.3 is 19.9 Å². The number of hydrogen-bond acceptors (Lipinski definition) is 5. The van der Waals surface area contributed by atoms with Crippen LogP contribution in [0.25, 0.3) is 6.08 Å². The topological polar surface area (TPSA) is 70.8 Å². The van der Waals surface area contributed by atoms with E-state index in [1.165, 1.54) is 0 Å². The molecular weight excluding hydrogens is 330 g/mol. The number of anilines is 1. The first kappa shape index (κ1) is 19.4. The summed E-state index contributed by atoms with van der Waals surface area (Å²) >= 11 is 0. The van der Waals surface area contributed by atoms with Crippen LogP contribution in [0, 0.1) is 0 Å². The Kier molecular flexibility index (Phi) is 6.67. The van der Waals surface area contributed by atoms with Crippen LogP contribution in [0.2, 0.25) is 0 Å². The summed E-state index contributed by atoms with van der Waals surface area (Å²) < 4.78 is 15.8. The van der Waals surface area contributed by atoms with Gasteiger partial charge in [0.25, 0.3) is 0 Å². The zero-order valence-corrected chi connectivity index (χ0v) is 15.7. The van der Waals surface area contributed by atoms with Gasteiger partial charge in [0.2, 0.25) is 0 Å². The summed E-state index contributed by atoms with van der Waals surface area (Å²) in [5.74, 6) is 1.66. The lowest BCUT2D eigenvalue weighted by Crippen LogP contribution is -2.06. The van der Waals surface area contributed by atoms with E-state index in [1.807, 2.05) is 19.1 Å². The molecule has 0 saturated heterocycles. The molecule has 5 heteroatoms. The van der Waals surface area contributed by atoms with Crippen LogP contribution in [0.15, 0.2) is 42.0 Å². The van der Waals surface area contributed by atoms with Crippen LogP contribution < -0.4 is 19.9 Å². The van der Waals surface area contributed by atoms with Crippen LogP contribution in [-0.4, -0.2) is 27.1 Å². The molecule has 2 N–H and O–H groups in total. The predicted octanol–water partition coefficient (Wildman–Crippen LogP) is 4.36. The molecule has 2 rings (SSSR count). The van der Waals surface area contributed by atoms with E-state index in [2.05, 4.69) is 0 Å². The number of carbonyl (C=O) groups excluding carboxylic acids is 1. The smallest absolute Gasteiger partial charge is 0.192 e. The summed E-state index contributed by atoms with van der Waals surface area (Å²) in [5.41, 5.74) is 8.52. The Hall–Kier alpha value is -2.95. The van der Waals surface area contributed by atoms with Crippen molar-refractivity contribution in [2.75, 3.05) is 27.1 Å². The maximum Gasteiger partial charge on any atom is 0.192 e. The molecule has 0 aliphatic rings. The van der Waals surface area contributed by atoms with E-state index in [4.69, 9.17) is 19.9 Å². The molecule has 0 fully saturated rings. The molecule has 0 saturated carbocycles. The lowest BCUT2D eigenvalue weighted by atomic mass is 9.96. The van der Waals surface area contributed by atoms with Gasteiger partial charge in [-0.25, -0.2) is 0 Å². The molecule has 0 aliphatic carbocycles. The van der Waals surface area contributed by atoms with Crippen LogP contribution >= 0.6 is 0 Å². The van der Waals surface area contributed by atoms with Gasteiger partial charge in [0.15, 0.2) is 5.78 Å². The lowest BCUT2D eigenvalue weighted by Gasteiger charge is -2.12. The van der Waals surface area contributed by atoms with E-state index in [-0.39, 0.29) is 5.78 Å². The van der Waals surface area contributed by atoms with Gasteiger partial charge in [-0.15, -0.1) is 0 Å².